The third-order valence-electron chi connectivity index (χ3n) is 2.76. The van der Waals surface area contributed by atoms with Crippen molar-refractivity contribution in [2.75, 3.05) is 13.1 Å². The third-order valence-corrected chi connectivity index (χ3v) is 3.79. The van der Waals surface area contributed by atoms with Crippen LogP contribution in [0.4, 0.5) is 0 Å². The summed E-state index contributed by atoms with van der Waals surface area (Å²) < 4.78 is 3.04. The maximum absolute atomic E-state index is 5.63. The maximum atomic E-state index is 5.63. The SMILES string of the molecule is Cc1nn(C)c(CN(CCN)C(C)C)c1Br. The first-order chi connectivity index (χ1) is 7.47. The van der Waals surface area contributed by atoms with E-state index in [-0.39, 0.29) is 0 Å². The number of rotatable bonds is 5. The van der Waals surface area contributed by atoms with E-state index < -0.39 is 0 Å². The lowest BCUT2D eigenvalue weighted by atomic mass is 10.2. The fourth-order valence-electron chi connectivity index (χ4n) is 1.73. The number of hydrogen-bond acceptors (Lipinski definition) is 3. The summed E-state index contributed by atoms with van der Waals surface area (Å²) in [5, 5.41) is 4.39. The van der Waals surface area contributed by atoms with E-state index in [1.807, 2.05) is 18.7 Å². The van der Waals surface area contributed by atoms with Crippen molar-refractivity contribution in [2.24, 2.45) is 12.8 Å². The molecule has 0 radical (unpaired) electrons. The lowest BCUT2D eigenvalue weighted by molar-refractivity contribution is 0.213. The van der Waals surface area contributed by atoms with Gasteiger partial charge in [-0.2, -0.15) is 5.10 Å². The van der Waals surface area contributed by atoms with Crippen LogP contribution in [-0.4, -0.2) is 33.8 Å². The maximum Gasteiger partial charge on any atom is 0.0739 e. The monoisotopic (exact) mass is 288 g/mol. The lowest BCUT2D eigenvalue weighted by Crippen LogP contribution is -2.35. The number of nitrogens with zero attached hydrogens (tertiary/aromatic N) is 3. The summed E-state index contributed by atoms with van der Waals surface area (Å²) in [7, 11) is 1.98. The van der Waals surface area contributed by atoms with Crippen molar-refractivity contribution in [3.8, 4) is 0 Å². The number of aromatic nitrogens is 2. The summed E-state index contributed by atoms with van der Waals surface area (Å²) in [6, 6.07) is 0.491. The van der Waals surface area contributed by atoms with Crippen LogP contribution in [-0.2, 0) is 13.6 Å². The van der Waals surface area contributed by atoms with E-state index in [0.29, 0.717) is 12.6 Å². The van der Waals surface area contributed by atoms with Gasteiger partial charge in [0.15, 0.2) is 0 Å². The van der Waals surface area contributed by atoms with E-state index in [4.69, 9.17) is 5.73 Å². The van der Waals surface area contributed by atoms with Crippen LogP contribution in [0, 0.1) is 6.92 Å². The van der Waals surface area contributed by atoms with Crippen LogP contribution >= 0.6 is 15.9 Å². The average Bonchev–Trinajstić information content (AvgIpc) is 2.43. The second-order valence-corrected chi connectivity index (χ2v) is 5.12. The Bertz CT molecular complexity index is 346. The van der Waals surface area contributed by atoms with E-state index in [1.165, 1.54) is 5.69 Å². The van der Waals surface area contributed by atoms with E-state index in [9.17, 15) is 0 Å². The second kappa shape index (κ2) is 5.80. The zero-order valence-corrected chi connectivity index (χ0v) is 12.1. The smallest absolute Gasteiger partial charge is 0.0739 e. The van der Waals surface area contributed by atoms with Gasteiger partial charge in [0.05, 0.1) is 15.9 Å². The molecule has 0 aliphatic carbocycles. The van der Waals surface area contributed by atoms with Crippen LogP contribution < -0.4 is 5.73 Å². The van der Waals surface area contributed by atoms with E-state index in [1.54, 1.807) is 0 Å². The molecule has 1 aromatic heterocycles. The number of halogens is 1. The molecule has 0 aromatic carbocycles. The molecule has 0 spiro atoms. The molecular weight excluding hydrogens is 268 g/mol. The van der Waals surface area contributed by atoms with E-state index in [0.717, 1.165) is 23.3 Å². The van der Waals surface area contributed by atoms with Crippen LogP contribution in [0.25, 0.3) is 0 Å². The molecule has 2 N–H and O–H groups in total. The topological polar surface area (TPSA) is 47.1 Å². The second-order valence-electron chi connectivity index (χ2n) is 4.32. The Morgan fingerprint density at radius 1 is 1.50 bits per heavy atom. The molecule has 0 saturated heterocycles. The van der Waals surface area contributed by atoms with Gasteiger partial charge in [0.1, 0.15) is 0 Å². The Labute approximate surface area is 106 Å². The molecule has 4 nitrogen and oxygen atoms in total. The molecule has 1 aromatic rings. The summed E-state index contributed by atoms with van der Waals surface area (Å²) >= 11 is 3.59. The van der Waals surface area contributed by atoms with Crippen molar-refractivity contribution in [1.29, 1.82) is 0 Å². The van der Waals surface area contributed by atoms with Crippen LogP contribution in [0.3, 0.4) is 0 Å². The number of hydrogen-bond donors (Lipinski definition) is 1. The van der Waals surface area contributed by atoms with Crippen molar-refractivity contribution in [2.45, 2.75) is 33.4 Å². The van der Waals surface area contributed by atoms with E-state index in [2.05, 4.69) is 39.8 Å². The molecule has 5 heteroatoms. The van der Waals surface area contributed by atoms with Gasteiger partial charge in [-0.1, -0.05) is 0 Å². The zero-order chi connectivity index (χ0) is 12.3. The molecule has 1 rings (SSSR count). The Morgan fingerprint density at radius 2 is 2.12 bits per heavy atom. The van der Waals surface area contributed by atoms with Crippen LogP contribution in [0.5, 0.6) is 0 Å². The summed E-state index contributed by atoms with van der Waals surface area (Å²) in [5.41, 5.74) is 7.87. The molecule has 0 unspecified atom stereocenters. The normalized spacial score (nSPS) is 11.8. The Balaban J connectivity index is 2.84. The van der Waals surface area contributed by atoms with Gasteiger partial charge in [-0.05, 0) is 36.7 Å². The highest BCUT2D eigenvalue weighted by Gasteiger charge is 2.16. The number of nitrogens with two attached hydrogens (primary N) is 1. The van der Waals surface area contributed by atoms with Crippen molar-refractivity contribution in [1.82, 2.24) is 14.7 Å². The first-order valence-electron chi connectivity index (χ1n) is 5.59. The van der Waals surface area contributed by atoms with Gasteiger partial charge in [0, 0.05) is 32.7 Å². The number of aryl methyl sites for hydroxylation is 2. The predicted octanol–water partition coefficient (Wildman–Crippen LogP) is 1.66. The average molecular weight is 289 g/mol. The van der Waals surface area contributed by atoms with Crippen molar-refractivity contribution in [3.63, 3.8) is 0 Å². The van der Waals surface area contributed by atoms with Crippen molar-refractivity contribution < 1.29 is 0 Å². The Morgan fingerprint density at radius 3 is 2.50 bits per heavy atom. The van der Waals surface area contributed by atoms with Gasteiger partial charge in [-0.3, -0.25) is 9.58 Å². The third kappa shape index (κ3) is 3.06. The van der Waals surface area contributed by atoms with Gasteiger partial charge < -0.3 is 5.73 Å². The lowest BCUT2D eigenvalue weighted by Gasteiger charge is -2.25. The quantitative estimate of drug-likeness (QED) is 0.896. The molecule has 0 fully saturated rings. The predicted molar refractivity (Wildman–Crippen MR) is 70.2 cm³/mol. The van der Waals surface area contributed by atoms with Gasteiger partial charge in [-0.25, -0.2) is 0 Å². The molecule has 0 bridgehead atoms. The first-order valence-corrected chi connectivity index (χ1v) is 6.38. The fourth-order valence-corrected chi connectivity index (χ4v) is 2.19. The zero-order valence-electron chi connectivity index (χ0n) is 10.5. The van der Waals surface area contributed by atoms with Crippen molar-refractivity contribution >= 4 is 15.9 Å². The molecule has 92 valence electrons. The highest BCUT2D eigenvalue weighted by Crippen LogP contribution is 2.22. The largest absolute Gasteiger partial charge is 0.329 e. The summed E-state index contributed by atoms with van der Waals surface area (Å²) in [5.74, 6) is 0. The molecular formula is C11H21BrN4. The Kier molecular flexibility index (Phi) is 4.95. The van der Waals surface area contributed by atoms with Gasteiger partial charge in [0.25, 0.3) is 0 Å². The standard InChI is InChI=1S/C11H21BrN4/c1-8(2)16(6-5-13)7-10-11(12)9(3)14-15(10)4/h8H,5-7,13H2,1-4H3. The highest BCUT2D eigenvalue weighted by molar-refractivity contribution is 9.10. The van der Waals surface area contributed by atoms with Crippen LogP contribution in [0.2, 0.25) is 0 Å². The molecule has 0 aliphatic rings. The first kappa shape index (κ1) is 13.7. The van der Waals surface area contributed by atoms with Crippen LogP contribution in [0.15, 0.2) is 4.47 Å². The minimum Gasteiger partial charge on any atom is -0.329 e. The summed E-state index contributed by atoms with van der Waals surface area (Å²) in [6.07, 6.45) is 0. The molecule has 0 amide bonds. The molecule has 1 heterocycles. The molecule has 0 aliphatic heterocycles. The van der Waals surface area contributed by atoms with Gasteiger partial charge in [0.2, 0.25) is 0 Å². The Hall–Kier alpha value is -0.390. The minimum absolute atomic E-state index is 0.491. The molecule has 16 heavy (non-hydrogen) atoms. The molecule has 0 atom stereocenters. The molecule has 0 saturated carbocycles. The highest BCUT2D eigenvalue weighted by atomic mass is 79.9. The van der Waals surface area contributed by atoms with Gasteiger partial charge in [-0.15, -0.1) is 0 Å². The summed E-state index contributed by atoms with van der Waals surface area (Å²) in [6.45, 7) is 8.86. The van der Waals surface area contributed by atoms with E-state index >= 15 is 0 Å². The van der Waals surface area contributed by atoms with Gasteiger partial charge >= 0.3 is 0 Å². The van der Waals surface area contributed by atoms with Crippen LogP contribution in [0.1, 0.15) is 25.2 Å². The minimum atomic E-state index is 0.491. The summed E-state index contributed by atoms with van der Waals surface area (Å²) in [4.78, 5) is 2.35. The van der Waals surface area contributed by atoms with Crippen molar-refractivity contribution in [3.05, 3.63) is 15.9 Å². The fraction of sp³-hybridized carbons (Fsp3) is 0.727.